The molecule has 0 aliphatic heterocycles. The van der Waals surface area contributed by atoms with Crippen LogP contribution in [0.15, 0.2) is 30.3 Å². The molecule has 2 amide bonds. The van der Waals surface area contributed by atoms with Gasteiger partial charge in [0.15, 0.2) is 0 Å². The van der Waals surface area contributed by atoms with E-state index >= 15 is 0 Å². The summed E-state index contributed by atoms with van der Waals surface area (Å²) in [6.45, 7) is 1.84. The quantitative estimate of drug-likeness (QED) is 0.455. The van der Waals surface area contributed by atoms with E-state index in [0.29, 0.717) is 32.0 Å². The Balaban J connectivity index is 0.00000338. The van der Waals surface area contributed by atoms with Gasteiger partial charge in [-0.2, -0.15) is 0 Å². The fraction of sp³-hybridized carbons (Fsp3) is 0.600. The highest BCUT2D eigenvalue weighted by Gasteiger charge is 2.11. The molecule has 0 radical (unpaired) electrons. The minimum atomic E-state index is -0.0472. The number of halogens is 1. The first-order valence-electron chi connectivity index (χ1n) is 9.55. The third-order valence-corrected chi connectivity index (χ3v) is 4.62. The zero-order valence-electron chi connectivity index (χ0n) is 15.5. The van der Waals surface area contributed by atoms with Gasteiger partial charge in [-0.05, 0) is 18.4 Å². The Morgan fingerprint density at radius 1 is 0.846 bits per heavy atom. The van der Waals surface area contributed by atoms with Gasteiger partial charge in [-0.1, -0.05) is 56.0 Å². The van der Waals surface area contributed by atoms with Crippen molar-refractivity contribution in [2.24, 2.45) is 0 Å². The molecule has 0 spiro atoms. The van der Waals surface area contributed by atoms with Crippen LogP contribution in [0.25, 0.3) is 0 Å². The average Bonchev–Trinajstić information content (AvgIpc) is 2.88. The van der Waals surface area contributed by atoms with E-state index in [1.54, 1.807) is 0 Å². The number of hydrogen-bond acceptors (Lipinski definition) is 3. The molecule has 5 nitrogen and oxygen atoms in total. The number of amides is 2. The summed E-state index contributed by atoms with van der Waals surface area (Å²) in [5, 5.41) is 9.24. The van der Waals surface area contributed by atoms with E-state index in [9.17, 15) is 9.59 Å². The van der Waals surface area contributed by atoms with Crippen molar-refractivity contribution in [1.82, 2.24) is 16.0 Å². The maximum Gasteiger partial charge on any atom is 0.224 e. The first kappa shape index (κ1) is 22.5. The molecule has 0 unspecified atom stereocenters. The molecule has 0 bridgehead atoms. The second-order valence-electron chi connectivity index (χ2n) is 6.75. The van der Waals surface area contributed by atoms with Crippen molar-refractivity contribution in [3.05, 3.63) is 35.9 Å². The van der Waals surface area contributed by atoms with Crippen LogP contribution in [0.4, 0.5) is 0 Å². The van der Waals surface area contributed by atoms with Gasteiger partial charge in [-0.15, -0.1) is 12.4 Å². The summed E-state index contributed by atoms with van der Waals surface area (Å²) in [7, 11) is 0. The molecule has 0 heterocycles. The third-order valence-electron chi connectivity index (χ3n) is 4.62. The molecular weight excluding hydrogens is 350 g/mol. The number of hydrogen-bond donors (Lipinski definition) is 3. The Morgan fingerprint density at radius 3 is 2.19 bits per heavy atom. The Labute approximate surface area is 163 Å². The van der Waals surface area contributed by atoms with Gasteiger partial charge >= 0.3 is 0 Å². The van der Waals surface area contributed by atoms with Crippen LogP contribution in [0.1, 0.15) is 50.5 Å². The van der Waals surface area contributed by atoms with Crippen LogP contribution in [0.2, 0.25) is 0 Å². The highest BCUT2D eigenvalue weighted by atomic mass is 35.5. The van der Waals surface area contributed by atoms with Crippen molar-refractivity contribution in [3.63, 3.8) is 0 Å². The molecule has 0 aromatic heterocycles. The lowest BCUT2D eigenvalue weighted by molar-refractivity contribution is -0.122. The highest BCUT2D eigenvalue weighted by Crippen LogP contribution is 2.16. The molecule has 1 saturated carbocycles. The predicted molar refractivity (Wildman–Crippen MR) is 108 cm³/mol. The Bertz CT molecular complexity index is 517. The molecule has 0 saturated heterocycles. The average molecular weight is 382 g/mol. The highest BCUT2D eigenvalue weighted by molar-refractivity contribution is 5.85. The van der Waals surface area contributed by atoms with Crippen LogP contribution in [0.3, 0.4) is 0 Å². The van der Waals surface area contributed by atoms with E-state index in [4.69, 9.17) is 0 Å². The van der Waals surface area contributed by atoms with Gasteiger partial charge in [0.05, 0.1) is 6.42 Å². The summed E-state index contributed by atoms with van der Waals surface area (Å²) >= 11 is 0. The lowest BCUT2D eigenvalue weighted by Gasteiger charge is -2.16. The molecule has 1 fully saturated rings. The molecule has 1 aromatic carbocycles. The van der Waals surface area contributed by atoms with Crippen LogP contribution in [-0.2, 0) is 16.0 Å². The number of rotatable bonds is 9. The molecule has 3 N–H and O–H groups in total. The van der Waals surface area contributed by atoms with Crippen molar-refractivity contribution in [3.8, 4) is 0 Å². The molecule has 1 aliphatic carbocycles. The Morgan fingerprint density at radius 2 is 1.50 bits per heavy atom. The van der Waals surface area contributed by atoms with Crippen LogP contribution < -0.4 is 16.0 Å². The fourth-order valence-corrected chi connectivity index (χ4v) is 3.21. The monoisotopic (exact) mass is 381 g/mol. The second kappa shape index (κ2) is 13.6. The lowest BCUT2D eigenvalue weighted by atomic mass is 10.1. The first-order chi connectivity index (χ1) is 12.2. The summed E-state index contributed by atoms with van der Waals surface area (Å²) in [6.07, 6.45) is 8.51. The molecule has 26 heavy (non-hydrogen) atoms. The number of benzene rings is 1. The van der Waals surface area contributed by atoms with Gasteiger partial charge in [0.25, 0.3) is 0 Å². The standard InChI is InChI=1S/C20H31N3O2.ClH/c24-19(23-15-14-21-18-10-6-1-2-7-11-18)12-13-22-20(25)16-17-8-4-3-5-9-17;/h3-5,8-9,18,21H,1-2,6-7,10-16H2,(H,22,25)(H,23,24);1H. The van der Waals surface area contributed by atoms with Crippen molar-refractivity contribution in [1.29, 1.82) is 0 Å². The van der Waals surface area contributed by atoms with Crippen molar-refractivity contribution < 1.29 is 9.59 Å². The van der Waals surface area contributed by atoms with Gasteiger partial charge in [0, 0.05) is 32.1 Å². The first-order valence-corrected chi connectivity index (χ1v) is 9.55. The summed E-state index contributed by atoms with van der Waals surface area (Å²) in [6, 6.07) is 10.2. The Kier molecular flexibility index (Phi) is 11.7. The molecule has 1 aromatic rings. The Hall–Kier alpha value is -1.59. The molecule has 0 atom stereocenters. The van der Waals surface area contributed by atoms with Crippen LogP contribution >= 0.6 is 12.4 Å². The number of carbonyl (C=O) groups is 2. The van der Waals surface area contributed by atoms with E-state index in [2.05, 4.69) is 16.0 Å². The van der Waals surface area contributed by atoms with Gasteiger partial charge < -0.3 is 16.0 Å². The van der Waals surface area contributed by atoms with Crippen LogP contribution in [-0.4, -0.2) is 37.5 Å². The SMILES string of the molecule is Cl.O=C(CCNC(=O)Cc1ccccc1)NCCNC1CCCCCC1. The molecule has 6 heteroatoms. The maximum atomic E-state index is 11.8. The van der Waals surface area contributed by atoms with Gasteiger partial charge in [0.1, 0.15) is 0 Å². The molecular formula is C20H32ClN3O2. The smallest absolute Gasteiger partial charge is 0.224 e. The van der Waals surface area contributed by atoms with Crippen molar-refractivity contribution in [2.75, 3.05) is 19.6 Å². The van der Waals surface area contributed by atoms with E-state index in [1.807, 2.05) is 30.3 Å². The van der Waals surface area contributed by atoms with Gasteiger partial charge in [-0.3, -0.25) is 9.59 Å². The van der Waals surface area contributed by atoms with Gasteiger partial charge in [-0.25, -0.2) is 0 Å². The normalized spacial score (nSPS) is 14.8. The zero-order valence-corrected chi connectivity index (χ0v) is 16.3. The summed E-state index contributed by atoms with van der Waals surface area (Å²) in [5.41, 5.74) is 0.981. The third kappa shape index (κ3) is 9.78. The lowest BCUT2D eigenvalue weighted by Crippen LogP contribution is -2.38. The second-order valence-corrected chi connectivity index (χ2v) is 6.75. The molecule has 1 aliphatic rings. The van der Waals surface area contributed by atoms with E-state index in [-0.39, 0.29) is 24.2 Å². The van der Waals surface area contributed by atoms with Crippen LogP contribution in [0, 0.1) is 0 Å². The van der Waals surface area contributed by atoms with Crippen molar-refractivity contribution in [2.45, 2.75) is 57.4 Å². The van der Waals surface area contributed by atoms with Crippen molar-refractivity contribution >= 4 is 24.2 Å². The summed E-state index contributed by atoms with van der Waals surface area (Å²) in [4.78, 5) is 23.6. The van der Waals surface area contributed by atoms with E-state index in [1.165, 1.54) is 38.5 Å². The predicted octanol–water partition coefficient (Wildman–Crippen LogP) is 2.59. The van der Waals surface area contributed by atoms with E-state index in [0.717, 1.165) is 12.1 Å². The van der Waals surface area contributed by atoms with Crippen LogP contribution in [0.5, 0.6) is 0 Å². The largest absolute Gasteiger partial charge is 0.355 e. The number of carbonyl (C=O) groups excluding carboxylic acids is 2. The minimum Gasteiger partial charge on any atom is -0.355 e. The summed E-state index contributed by atoms with van der Waals surface area (Å²) in [5.74, 6) is -0.0586. The zero-order chi connectivity index (χ0) is 17.7. The number of nitrogens with one attached hydrogen (secondary N) is 3. The fourth-order valence-electron chi connectivity index (χ4n) is 3.21. The molecule has 2 rings (SSSR count). The maximum absolute atomic E-state index is 11.8. The topological polar surface area (TPSA) is 70.2 Å². The molecule has 146 valence electrons. The van der Waals surface area contributed by atoms with Gasteiger partial charge in [0.2, 0.25) is 11.8 Å². The minimum absolute atomic E-state index is 0. The van der Waals surface area contributed by atoms with E-state index < -0.39 is 0 Å². The summed E-state index contributed by atoms with van der Waals surface area (Å²) < 4.78 is 0.